The molecule has 9 heteroatoms. The van der Waals surface area contributed by atoms with E-state index in [4.69, 9.17) is 26.2 Å². The summed E-state index contributed by atoms with van der Waals surface area (Å²) in [5, 5.41) is 32.5. The molecule has 1 aliphatic heterocycles. The lowest BCUT2D eigenvalue weighted by atomic mass is 10.0. The van der Waals surface area contributed by atoms with E-state index >= 15 is 0 Å². The van der Waals surface area contributed by atoms with Crippen LogP contribution in [0.1, 0.15) is 37.8 Å². The van der Waals surface area contributed by atoms with Gasteiger partial charge in [0.1, 0.15) is 0 Å². The summed E-state index contributed by atoms with van der Waals surface area (Å²) in [6.45, 7) is 2.96. The number of hydrogen-bond donors (Lipinski definition) is 5. The van der Waals surface area contributed by atoms with Crippen LogP contribution in [0.25, 0.3) is 0 Å². The first kappa shape index (κ1) is 21.4. The van der Waals surface area contributed by atoms with Gasteiger partial charge in [0.2, 0.25) is 5.91 Å². The number of carboxylic acid groups (broad SMARTS) is 2. The van der Waals surface area contributed by atoms with Gasteiger partial charge in [0, 0.05) is 18.7 Å². The fourth-order valence-corrected chi connectivity index (χ4v) is 2.46. The highest BCUT2D eigenvalue weighted by Gasteiger charge is 2.29. The highest BCUT2D eigenvalue weighted by Crippen LogP contribution is 2.25. The second-order valence-corrected chi connectivity index (χ2v) is 5.95. The number of nitrogens with zero attached hydrogens (tertiary/aromatic N) is 1. The van der Waals surface area contributed by atoms with E-state index < -0.39 is 24.1 Å². The van der Waals surface area contributed by atoms with Crippen molar-refractivity contribution in [3.05, 3.63) is 29.8 Å². The Hall–Kier alpha value is -2.65. The van der Waals surface area contributed by atoms with Crippen LogP contribution >= 0.6 is 0 Å². The van der Waals surface area contributed by atoms with Crippen LogP contribution in [-0.2, 0) is 14.4 Å². The van der Waals surface area contributed by atoms with Crippen molar-refractivity contribution in [2.45, 2.75) is 44.4 Å². The van der Waals surface area contributed by atoms with Crippen molar-refractivity contribution in [3.63, 3.8) is 0 Å². The highest BCUT2D eigenvalue weighted by molar-refractivity contribution is 5.83. The molecule has 1 heterocycles. The van der Waals surface area contributed by atoms with Crippen molar-refractivity contribution in [1.82, 2.24) is 4.90 Å². The van der Waals surface area contributed by atoms with E-state index in [0.717, 1.165) is 30.6 Å². The minimum absolute atomic E-state index is 0.161. The Balaban J connectivity index is 0.000000294. The lowest BCUT2D eigenvalue weighted by Gasteiger charge is -2.32. The molecule has 1 saturated heterocycles. The van der Waals surface area contributed by atoms with Crippen molar-refractivity contribution in [1.29, 1.82) is 0 Å². The Bertz CT molecular complexity index is 615. The third-order valence-electron chi connectivity index (χ3n) is 4.05. The zero-order valence-corrected chi connectivity index (χ0v) is 14.4. The fraction of sp³-hybridized carbons (Fsp3) is 0.471. The van der Waals surface area contributed by atoms with Gasteiger partial charge in [-0.1, -0.05) is 12.1 Å². The summed E-state index contributed by atoms with van der Waals surface area (Å²) in [6, 6.07) is 7.94. The quantitative estimate of drug-likeness (QED) is 0.461. The van der Waals surface area contributed by atoms with Crippen LogP contribution in [-0.4, -0.2) is 61.9 Å². The van der Waals surface area contributed by atoms with E-state index in [1.807, 2.05) is 29.2 Å². The Morgan fingerprint density at radius 3 is 1.96 bits per heavy atom. The maximum absolute atomic E-state index is 11.8. The van der Waals surface area contributed by atoms with Gasteiger partial charge in [-0.15, -0.1) is 0 Å². The van der Waals surface area contributed by atoms with Gasteiger partial charge in [-0.25, -0.2) is 9.59 Å². The predicted molar refractivity (Wildman–Crippen MR) is 92.1 cm³/mol. The molecule has 0 aromatic heterocycles. The molecule has 6 N–H and O–H groups in total. The third kappa shape index (κ3) is 6.01. The van der Waals surface area contributed by atoms with E-state index in [1.165, 1.54) is 0 Å². The number of hydrogen-bond acceptors (Lipinski definition) is 6. The van der Waals surface area contributed by atoms with Gasteiger partial charge >= 0.3 is 11.9 Å². The molecule has 3 unspecified atom stereocenters. The molecule has 0 saturated carbocycles. The summed E-state index contributed by atoms with van der Waals surface area (Å²) in [4.78, 5) is 33.3. The predicted octanol–water partition coefficient (Wildman–Crippen LogP) is 0.220. The molecule has 3 atom stereocenters. The maximum atomic E-state index is 11.8. The molecule has 9 nitrogen and oxygen atoms in total. The number of amides is 1. The zero-order chi connectivity index (χ0) is 19.9. The number of aliphatic hydroxyl groups excluding tert-OH is 2. The Morgan fingerprint density at radius 2 is 1.54 bits per heavy atom. The van der Waals surface area contributed by atoms with Gasteiger partial charge in [-0.2, -0.15) is 0 Å². The standard InChI is InChI=1S/C13H18N2O.C4H6O6/c1-10(11-5-7-12(14)8-6-11)15-9-3-2-4-13(15)16;5-1(3(7)8)2(6)4(9)10/h5-8,10H,2-4,9,14H2,1H3;1-2,5-6H,(H,7,8)(H,9,10). The minimum atomic E-state index is -2.27. The average molecular weight is 368 g/mol. The molecule has 26 heavy (non-hydrogen) atoms. The van der Waals surface area contributed by atoms with Gasteiger partial charge in [-0.05, 0) is 37.5 Å². The van der Waals surface area contributed by atoms with E-state index in [-0.39, 0.29) is 11.9 Å². The SMILES string of the molecule is CC(c1ccc(N)cc1)N1CCCCC1=O.O=C(O)C(O)C(O)C(=O)O. The number of carbonyl (C=O) groups is 3. The summed E-state index contributed by atoms with van der Waals surface area (Å²) in [6.07, 6.45) is -1.69. The van der Waals surface area contributed by atoms with Crippen LogP contribution in [0.4, 0.5) is 5.69 Å². The largest absolute Gasteiger partial charge is 0.479 e. The molecule has 1 aliphatic rings. The molecule has 2 rings (SSSR count). The van der Waals surface area contributed by atoms with Crippen molar-refractivity contribution >= 4 is 23.5 Å². The lowest BCUT2D eigenvalue weighted by Crippen LogP contribution is -2.39. The smallest absolute Gasteiger partial charge is 0.335 e. The van der Waals surface area contributed by atoms with Crippen molar-refractivity contribution < 1.29 is 34.8 Å². The topological polar surface area (TPSA) is 161 Å². The molecule has 0 aliphatic carbocycles. The number of benzene rings is 1. The average Bonchev–Trinajstić information content (AvgIpc) is 2.61. The molecular weight excluding hydrogens is 344 g/mol. The van der Waals surface area contributed by atoms with Crippen LogP contribution in [0.5, 0.6) is 0 Å². The number of nitrogens with two attached hydrogens (primary N) is 1. The van der Waals surface area contributed by atoms with E-state index in [2.05, 4.69) is 6.92 Å². The van der Waals surface area contributed by atoms with Crippen molar-refractivity contribution in [2.75, 3.05) is 12.3 Å². The molecule has 144 valence electrons. The van der Waals surface area contributed by atoms with E-state index in [1.54, 1.807) is 0 Å². The normalized spacial score (nSPS) is 17.5. The minimum Gasteiger partial charge on any atom is -0.479 e. The summed E-state index contributed by atoms with van der Waals surface area (Å²) in [5.74, 6) is -3.26. The van der Waals surface area contributed by atoms with Gasteiger partial charge < -0.3 is 31.1 Å². The number of aliphatic hydroxyl groups is 2. The van der Waals surface area contributed by atoms with Crippen molar-refractivity contribution in [3.8, 4) is 0 Å². The van der Waals surface area contributed by atoms with E-state index in [9.17, 15) is 14.4 Å². The number of anilines is 1. The van der Waals surface area contributed by atoms with Gasteiger partial charge in [0.05, 0.1) is 6.04 Å². The molecule has 0 spiro atoms. The van der Waals surface area contributed by atoms with Gasteiger partial charge in [0.25, 0.3) is 0 Å². The monoisotopic (exact) mass is 368 g/mol. The van der Waals surface area contributed by atoms with Crippen LogP contribution in [0.3, 0.4) is 0 Å². The number of likely N-dealkylation sites (tertiary alicyclic amines) is 1. The molecule has 1 aromatic carbocycles. The molecular formula is C17H24N2O7. The summed E-state index contributed by atoms with van der Waals surface area (Å²) < 4.78 is 0. The number of carboxylic acids is 2. The van der Waals surface area contributed by atoms with Crippen LogP contribution in [0.15, 0.2) is 24.3 Å². The summed E-state index contributed by atoms with van der Waals surface area (Å²) in [7, 11) is 0. The van der Waals surface area contributed by atoms with Crippen molar-refractivity contribution in [2.24, 2.45) is 0 Å². The number of nitrogen functional groups attached to an aromatic ring is 1. The summed E-state index contributed by atoms with van der Waals surface area (Å²) >= 11 is 0. The number of carbonyl (C=O) groups excluding carboxylic acids is 1. The van der Waals surface area contributed by atoms with Gasteiger partial charge in [0.15, 0.2) is 12.2 Å². The lowest BCUT2D eigenvalue weighted by molar-refractivity contribution is -0.165. The van der Waals surface area contributed by atoms with Crippen LogP contribution in [0, 0.1) is 0 Å². The third-order valence-corrected chi connectivity index (χ3v) is 4.05. The second-order valence-electron chi connectivity index (χ2n) is 5.95. The maximum Gasteiger partial charge on any atom is 0.335 e. The van der Waals surface area contributed by atoms with Gasteiger partial charge in [-0.3, -0.25) is 4.79 Å². The molecule has 0 radical (unpaired) electrons. The van der Waals surface area contributed by atoms with E-state index in [0.29, 0.717) is 6.42 Å². The van der Waals surface area contributed by atoms with Crippen LogP contribution < -0.4 is 5.73 Å². The first-order valence-corrected chi connectivity index (χ1v) is 8.11. The Morgan fingerprint density at radius 1 is 1.04 bits per heavy atom. The second kappa shape index (κ2) is 9.73. The molecule has 1 amide bonds. The molecule has 1 fully saturated rings. The number of rotatable bonds is 5. The summed E-state index contributed by atoms with van der Waals surface area (Å²) in [5.41, 5.74) is 7.57. The highest BCUT2D eigenvalue weighted by atomic mass is 16.4. The van der Waals surface area contributed by atoms with Crippen LogP contribution in [0.2, 0.25) is 0 Å². The first-order valence-electron chi connectivity index (χ1n) is 8.11. The molecule has 0 bridgehead atoms. The Kier molecular flexibility index (Phi) is 8.01. The zero-order valence-electron chi connectivity index (χ0n) is 14.4. The fourth-order valence-electron chi connectivity index (χ4n) is 2.46. The Labute approximate surface area is 150 Å². The number of aliphatic carboxylic acids is 2. The first-order chi connectivity index (χ1) is 12.1. The molecule has 1 aromatic rings. The number of piperidine rings is 1.